The number of nitrogens with zero attached hydrogens (tertiary/aromatic N) is 4. The van der Waals surface area contributed by atoms with Crippen LogP contribution in [0.1, 0.15) is 53.9 Å². The highest BCUT2D eigenvalue weighted by atomic mass is 32.2. The van der Waals surface area contributed by atoms with Gasteiger partial charge in [-0.25, -0.2) is 22.7 Å². The number of carbonyl (C=O) groups is 2. The molecule has 0 aliphatic carbocycles. The summed E-state index contributed by atoms with van der Waals surface area (Å²) in [6.07, 6.45) is -1.78. The number of amides is 1. The van der Waals surface area contributed by atoms with Crippen molar-refractivity contribution in [1.29, 1.82) is 0 Å². The second-order valence-electron chi connectivity index (χ2n) is 9.94. The molecule has 3 aliphatic rings. The number of Topliss-reactive ketones (excluding diaryl/α,β-unsaturated/α-hetero) is 1. The topological polar surface area (TPSA) is 113 Å². The van der Waals surface area contributed by atoms with Crippen LogP contribution in [-0.2, 0) is 26.5 Å². The molecule has 0 bridgehead atoms. The van der Waals surface area contributed by atoms with Gasteiger partial charge >= 0.3 is 6.18 Å². The number of fused-ring (bicyclic) bond motifs is 3. The molecule has 5 heterocycles. The zero-order valence-electron chi connectivity index (χ0n) is 20.4. The maximum absolute atomic E-state index is 14.0. The van der Waals surface area contributed by atoms with Gasteiger partial charge in [-0.3, -0.25) is 9.59 Å². The van der Waals surface area contributed by atoms with Gasteiger partial charge in [-0.1, -0.05) is 13.8 Å². The Morgan fingerprint density at radius 3 is 2.65 bits per heavy atom. The number of ketones is 1. The number of hydrogen-bond acceptors (Lipinski definition) is 8. The van der Waals surface area contributed by atoms with Crippen LogP contribution in [0.3, 0.4) is 0 Å². The number of carbonyl (C=O) groups excluding carboxylic acids is 2. The van der Waals surface area contributed by atoms with Crippen molar-refractivity contribution >= 4 is 39.0 Å². The first-order valence-electron chi connectivity index (χ1n) is 11.9. The van der Waals surface area contributed by atoms with E-state index in [1.165, 1.54) is 15.3 Å². The van der Waals surface area contributed by atoms with E-state index in [0.717, 1.165) is 23.8 Å². The average molecular weight is 558 g/mol. The van der Waals surface area contributed by atoms with Crippen LogP contribution in [0.25, 0.3) is 10.6 Å². The average Bonchev–Trinajstić information content (AvgIpc) is 3.45. The summed E-state index contributed by atoms with van der Waals surface area (Å²) in [6, 6.07) is 1.20. The lowest BCUT2D eigenvalue weighted by molar-refractivity contribution is -0.137. The van der Waals surface area contributed by atoms with E-state index < -0.39 is 27.3 Å². The predicted octanol–water partition coefficient (Wildman–Crippen LogP) is 3.34. The molecular formula is C23H26F3N5O4S2. The third kappa shape index (κ3) is 4.32. The summed E-state index contributed by atoms with van der Waals surface area (Å²) in [4.78, 5) is 35.7. The van der Waals surface area contributed by atoms with Crippen LogP contribution in [-0.4, -0.2) is 71.2 Å². The third-order valence-electron chi connectivity index (χ3n) is 7.54. The maximum atomic E-state index is 14.0. The highest BCUT2D eigenvalue weighted by molar-refractivity contribution is 7.88. The fourth-order valence-electron chi connectivity index (χ4n) is 5.54. The molecule has 9 nitrogen and oxygen atoms in total. The number of rotatable bonds is 5. The standard InChI is InChI=1S/C23H26F3N5O4S2/c1-4-22-8-13(32)11-31(22)20(33)14-7-17(36-19(14)22)18-15(23(24,25)26)9-27-21(29-18)28-16-5-6-30(10-12(16)2)37(3,34)35/h7,9,12,16H,4-6,8,10-11H2,1-3H3,(H,27,28,29)/t12-,16+,22?/m1/s1. The van der Waals surface area contributed by atoms with Crippen molar-refractivity contribution in [1.82, 2.24) is 19.2 Å². The third-order valence-corrected chi connectivity index (χ3v) is 10.1. The molecule has 1 amide bonds. The van der Waals surface area contributed by atoms with Crippen molar-refractivity contribution in [2.75, 3.05) is 31.2 Å². The van der Waals surface area contributed by atoms with Gasteiger partial charge in [-0.2, -0.15) is 13.2 Å². The Balaban J connectivity index is 1.50. The monoisotopic (exact) mass is 557 g/mol. The van der Waals surface area contributed by atoms with Crippen molar-refractivity contribution in [3.05, 3.63) is 28.3 Å². The molecule has 0 aromatic carbocycles. The molecule has 2 aromatic rings. The van der Waals surface area contributed by atoms with Crippen LogP contribution in [0.2, 0.25) is 0 Å². The molecule has 0 saturated carbocycles. The Labute approximate surface area is 216 Å². The zero-order valence-corrected chi connectivity index (χ0v) is 22.1. The normalized spacial score (nSPS) is 26.5. The number of piperidine rings is 1. The Bertz CT molecular complexity index is 1390. The highest BCUT2D eigenvalue weighted by Gasteiger charge is 2.55. The summed E-state index contributed by atoms with van der Waals surface area (Å²) in [7, 11) is -3.34. The smallest absolute Gasteiger partial charge is 0.351 e. The first-order chi connectivity index (χ1) is 17.2. The lowest BCUT2D eigenvalue weighted by atomic mass is 9.92. The van der Waals surface area contributed by atoms with E-state index in [1.54, 1.807) is 0 Å². The minimum Gasteiger partial charge on any atom is -0.351 e. The molecule has 0 radical (unpaired) electrons. The number of halogens is 3. The molecular weight excluding hydrogens is 531 g/mol. The van der Waals surface area contributed by atoms with Crippen LogP contribution in [0, 0.1) is 5.92 Å². The van der Waals surface area contributed by atoms with Crippen LogP contribution >= 0.6 is 11.3 Å². The Morgan fingerprint density at radius 1 is 1.30 bits per heavy atom. The van der Waals surface area contributed by atoms with Crippen LogP contribution in [0.15, 0.2) is 12.3 Å². The van der Waals surface area contributed by atoms with E-state index in [4.69, 9.17) is 0 Å². The van der Waals surface area contributed by atoms with Gasteiger partial charge in [0.1, 0.15) is 5.56 Å². The van der Waals surface area contributed by atoms with Gasteiger partial charge in [0.15, 0.2) is 5.78 Å². The second kappa shape index (κ2) is 8.73. The lowest BCUT2D eigenvalue weighted by Crippen LogP contribution is -2.47. The van der Waals surface area contributed by atoms with Crippen molar-refractivity contribution < 1.29 is 31.2 Å². The minimum atomic E-state index is -4.72. The van der Waals surface area contributed by atoms with Crippen LogP contribution < -0.4 is 5.32 Å². The number of hydrogen-bond donors (Lipinski definition) is 1. The molecule has 2 aromatic heterocycles. The van der Waals surface area contributed by atoms with Gasteiger partial charge in [0.2, 0.25) is 16.0 Å². The van der Waals surface area contributed by atoms with E-state index in [0.29, 0.717) is 23.3 Å². The minimum absolute atomic E-state index is 0.00424. The Morgan fingerprint density at radius 2 is 2.03 bits per heavy atom. The number of aromatic nitrogens is 2. The van der Waals surface area contributed by atoms with Crippen molar-refractivity contribution in [3.63, 3.8) is 0 Å². The Hall–Kier alpha value is -2.58. The molecule has 2 saturated heterocycles. The summed E-state index contributed by atoms with van der Waals surface area (Å²) < 4.78 is 67.0. The maximum Gasteiger partial charge on any atom is 0.420 e. The first kappa shape index (κ1) is 26.0. The summed E-state index contributed by atoms with van der Waals surface area (Å²) >= 11 is 1.06. The molecule has 1 unspecified atom stereocenters. The molecule has 3 atom stereocenters. The van der Waals surface area contributed by atoms with Crippen LogP contribution in [0.4, 0.5) is 19.1 Å². The predicted molar refractivity (Wildman–Crippen MR) is 131 cm³/mol. The van der Waals surface area contributed by atoms with Crippen molar-refractivity contribution in [3.8, 4) is 10.6 Å². The second-order valence-corrected chi connectivity index (χ2v) is 13.0. The van der Waals surface area contributed by atoms with Gasteiger partial charge in [0.25, 0.3) is 5.91 Å². The molecule has 14 heteroatoms. The van der Waals surface area contributed by atoms with Gasteiger partial charge in [0.05, 0.1) is 34.5 Å². The van der Waals surface area contributed by atoms with Crippen LogP contribution in [0.5, 0.6) is 0 Å². The summed E-state index contributed by atoms with van der Waals surface area (Å²) in [6.45, 7) is 4.28. The van der Waals surface area contributed by atoms with Gasteiger partial charge in [-0.05, 0) is 24.8 Å². The molecule has 200 valence electrons. The van der Waals surface area contributed by atoms with E-state index in [9.17, 15) is 31.2 Å². The number of nitrogens with one attached hydrogen (secondary N) is 1. The molecule has 1 N–H and O–H groups in total. The van der Waals surface area contributed by atoms with E-state index in [2.05, 4.69) is 15.3 Å². The van der Waals surface area contributed by atoms with Gasteiger partial charge < -0.3 is 10.2 Å². The summed E-state index contributed by atoms with van der Waals surface area (Å²) in [5.41, 5.74) is -1.85. The van der Waals surface area contributed by atoms with E-state index >= 15 is 0 Å². The zero-order chi connectivity index (χ0) is 26.9. The molecule has 0 spiro atoms. The van der Waals surface area contributed by atoms with E-state index in [-0.39, 0.29) is 66.2 Å². The number of sulfonamides is 1. The lowest BCUT2D eigenvalue weighted by Gasteiger charge is -2.35. The number of anilines is 1. The Kier molecular flexibility index (Phi) is 6.15. The highest BCUT2D eigenvalue weighted by Crippen LogP contribution is 2.53. The summed E-state index contributed by atoms with van der Waals surface area (Å²) in [5.74, 6) is -0.555. The number of thiophene rings is 1. The van der Waals surface area contributed by atoms with E-state index in [1.807, 2.05) is 13.8 Å². The number of alkyl halides is 3. The molecule has 3 aliphatic heterocycles. The van der Waals surface area contributed by atoms with Crippen molar-refractivity contribution in [2.45, 2.75) is 50.9 Å². The van der Waals surface area contributed by atoms with Gasteiger partial charge in [-0.15, -0.1) is 11.3 Å². The summed E-state index contributed by atoms with van der Waals surface area (Å²) in [5, 5.41) is 3.08. The fourth-order valence-corrected chi connectivity index (χ4v) is 7.91. The quantitative estimate of drug-likeness (QED) is 0.600. The fraction of sp³-hybridized carbons (Fsp3) is 0.565. The molecule has 2 fully saturated rings. The molecule has 37 heavy (non-hydrogen) atoms. The largest absolute Gasteiger partial charge is 0.420 e. The first-order valence-corrected chi connectivity index (χ1v) is 14.6. The van der Waals surface area contributed by atoms with Gasteiger partial charge in [0, 0.05) is 36.6 Å². The SMILES string of the molecule is CCC12CC(=O)CN1C(=O)c1cc(-c3nc(N[C@H]4CCN(S(C)(=O)=O)C[C@H]4C)ncc3C(F)(F)F)sc12. The molecule has 5 rings (SSSR count). The van der Waals surface area contributed by atoms with Crippen molar-refractivity contribution in [2.24, 2.45) is 5.92 Å².